The molecular formula is C13H12N4O. The first kappa shape index (κ1) is 11.9. The summed E-state index contributed by atoms with van der Waals surface area (Å²) in [5.41, 5.74) is 2.31. The van der Waals surface area contributed by atoms with E-state index in [2.05, 4.69) is 10.4 Å². The molecule has 0 aliphatic carbocycles. The maximum absolute atomic E-state index is 12.0. The maximum atomic E-state index is 12.0. The van der Waals surface area contributed by atoms with Crippen LogP contribution in [0.5, 0.6) is 0 Å². The fourth-order valence-electron chi connectivity index (χ4n) is 1.69. The van der Waals surface area contributed by atoms with E-state index in [4.69, 9.17) is 5.26 Å². The predicted octanol–water partition coefficient (Wildman–Crippen LogP) is 1.85. The molecule has 0 unspecified atom stereocenters. The summed E-state index contributed by atoms with van der Waals surface area (Å²) in [6.07, 6.45) is 1.67. The zero-order valence-corrected chi connectivity index (χ0v) is 10.1. The van der Waals surface area contributed by atoms with Crippen LogP contribution in [0.15, 0.2) is 30.5 Å². The largest absolute Gasteiger partial charge is 0.322 e. The molecule has 1 heterocycles. The summed E-state index contributed by atoms with van der Waals surface area (Å²) in [5, 5.41) is 15.6. The van der Waals surface area contributed by atoms with Crippen LogP contribution in [0.2, 0.25) is 0 Å². The van der Waals surface area contributed by atoms with Crippen molar-refractivity contribution in [3.8, 4) is 6.07 Å². The smallest absolute Gasteiger partial charge is 0.259 e. The van der Waals surface area contributed by atoms with Crippen LogP contribution < -0.4 is 5.32 Å². The van der Waals surface area contributed by atoms with Gasteiger partial charge in [0.2, 0.25) is 0 Å². The van der Waals surface area contributed by atoms with Crippen molar-refractivity contribution in [2.45, 2.75) is 6.92 Å². The number of hydrogen-bond acceptors (Lipinski definition) is 3. The fourth-order valence-corrected chi connectivity index (χ4v) is 1.69. The minimum absolute atomic E-state index is 0.226. The third-order valence-corrected chi connectivity index (χ3v) is 2.51. The monoisotopic (exact) mass is 240 g/mol. The molecule has 5 heteroatoms. The van der Waals surface area contributed by atoms with Crippen molar-refractivity contribution >= 4 is 11.6 Å². The van der Waals surface area contributed by atoms with Gasteiger partial charge in [0.1, 0.15) is 0 Å². The molecule has 0 radical (unpaired) electrons. The number of carbonyl (C=O) groups is 1. The lowest BCUT2D eigenvalue weighted by Crippen LogP contribution is -2.12. The Labute approximate surface area is 105 Å². The number of hydrogen-bond donors (Lipinski definition) is 1. The molecule has 0 atom stereocenters. The number of aryl methyl sites for hydroxylation is 2. The summed E-state index contributed by atoms with van der Waals surface area (Å²) in [6, 6.07) is 8.81. The summed E-state index contributed by atoms with van der Waals surface area (Å²) in [5.74, 6) is -0.226. The van der Waals surface area contributed by atoms with Gasteiger partial charge in [-0.1, -0.05) is 6.07 Å². The van der Waals surface area contributed by atoms with E-state index in [1.54, 1.807) is 49.1 Å². The average Bonchev–Trinajstić information content (AvgIpc) is 2.69. The van der Waals surface area contributed by atoms with Gasteiger partial charge in [-0.05, 0) is 25.1 Å². The third kappa shape index (κ3) is 2.38. The van der Waals surface area contributed by atoms with Crippen molar-refractivity contribution in [3.05, 3.63) is 47.3 Å². The predicted molar refractivity (Wildman–Crippen MR) is 67.1 cm³/mol. The SMILES string of the molecule is Cc1nn(C)cc1C(=O)Nc1cccc(C#N)c1. The summed E-state index contributed by atoms with van der Waals surface area (Å²) in [4.78, 5) is 12.0. The summed E-state index contributed by atoms with van der Waals surface area (Å²) >= 11 is 0. The Morgan fingerprint density at radius 1 is 1.50 bits per heavy atom. The van der Waals surface area contributed by atoms with Gasteiger partial charge in [0.05, 0.1) is 22.9 Å². The normalized spacial score (nSPS) is 9.83. The number of carbonyl (C=O) groups excluding carboxylic acids is 1. The van der Waals surface area contributed by atoms with Crippen LogP contribution in [0.3, 0.4) is 0 Å². The number of nitrogens with one attached hydrogen (secondary N) is 1. The molecule has 0 aliphatic rings. The quantitative estimate of drug-likeness (QED) is 0.870. The first-order valence-corrected chi connectivity index (χ1v) is 5.42. The van der Waals surface area contributed by atoms with Gasteiger partial charge in [-0.3, -0.25) is 9.48 Å². The van der Waals surface area contributed by atoms with Crippen molar-refractivity contribution in [2.24, 2.45) is 7.05 Å². The van der Waals surface area contributed by atoms with Crippen LogP contribution in [0.4, 0.5) is 5.69 Å². The number of nitrogens with zero attached hydrogens (tertiary/aromatic N) is 3. The number of benzene rings is 1. The van der Waals surface area contributed by atoms with Crippen molar-refractivity contribution in [1.82, 2.24) is 9.78 Å². The maximum Gasteiger partial charge on any atom is 0.259 e. The molecule has 2 rings (SSSR count). The van der Waals surface area contributed by atoms with Gasteiger partial charge in [0.15, 0.2) is 0 Å². The molecule has 1 N–H and O–H groups in total. The number of aromatic nitrogens is 2. The summed E-state index contributed by atoms with van der Waals surface area (Å²) in [6.45, 7) is 1.78. The Hall–Kier alpha value is -2.61. The molecule has 5 nitrogen and oxygen atoms in total. The van der Waals surface area contributed by atoms with Crippen LogP contribution in [0.1, 0.15) is 21.6 Å². The molecule has 0 saturated heterocycles. The lowest BCUT2D eigenvalue weighted by atomic mass is 10.2. The number of anilines is 1. The van der Waals surface area contributed by atoms with Crippen LogP contribution >= 0.6 is 0 Å². The molecule has 90 valence electrons. The minimum atomic E-state index is -0.226. The number of nitriles is 1. The molecule has 0 aliphatic heterocycles. The van der Waals surface area contributed by atoms with Gasteiger partial charge in [-0.2, -0.15) is 10.4 Å². The van der Waals surface area contributed by atoms with Crippen molar-refractivity contribution in [2.75, 3.05) is 5.32 Å². The average molecular weight is 240 g/mol. The lowest BCUT2D eigenvalue weighted by molar-refractivity contribution is 0.102. The van der Waals surface area contributed by atoms with E-state index < -0.39 is 0 Å². The van der Waals surface area contributed by atoms with Crippen molar-refractivity contribution < 1.29 is 4.79 Å². The van der Waals surface area contributed by atoms with E-state index in [9.17, 15) is 4.79 Å². The molecule has 2 aromatic rings. The van der Waals surface area contributed by atoms with E-state index in [0.29, 0.717) is 22.5 Å². The minimum Gasteiger partial charge on any atom is -0.322 e. The topological polar surface area (TPSA) is 70.7 Å². The lowest BCUT2D eigenvalue weighted by Gasteiger charge is -2.04. The van der Waals surface area contributed by atoms with Crippen LogP contribution in [0.25, 0.3) is 0 Å². The van der Waals surface area contributed by atoms with Gasteiger partial charge >= 0.3 is 0 Å². The highest BCUT2D eigenvalue weighted by molar-refractivity contribution is 6.04. The molecular weight excluding hydrogens is 228 g/mol. The van der Waals surface area contributed by atoms with E-state index in [1.165, 1.54) is 0 Å². The van der Waals surface area contributed by atoms with E-state index in [0.717, 1.165) is 0 Å². The summed E-state index contributed by atoms with van der Waals surface area (Å²) in [7, 11) is 1.76. The van der Waals surface area contributed by atoms with Crippen LogP contribution in [0, 0.1) is 18.3 Å². The zero-order valence-electron chi connectivity index (χ0n) is 10.1. The molecule has 0 spiro atoms. The highest BCUT2D eigenvalue weighted by atomic mass is 16.1. The Balaban J connectivity index is 2.21. The first-order valence-electron chi connectivity index (χ1n) is 5.42. The molecule has 1 aromatic carbocycles. The molecule has 0 saturated carbocycles. The highest BCUT2D eigenvalue weighted by Crippen LogP contribution is 2.13. The third-order valence-electron chi connectivity index (χ3n) is 2.51. The van der Waals surface area contributed by atoms with Crippen LogP contribution in [-0.4, -0.2) is 15.7 Å². The second-order valence-electron chi connectivity index (χ2n) is 3.95. The standard InChI is InChI=1S/C13H12N4O/c1-9-12(8-17(2)16-9)13(18)15-11-5-3-4-10(6-11)7-14/h3-6,8H,1-2H3,(H,15,18). The zero-order chi connectivity index (χ0) is 13.1. The van der Waals surface area contributed by atoms with E-state index in [-0.39, 0.29) is 5.91 Å². The molecule has 1 amide bonds. The van der Waals surface area contributed by atoms with Gasteiger partial charge in [0.25, 0.3) is 5.91 Å². The molecule has 0 fully saturated rings. The molecule has 0 bridgehead atoms. The second kappa shape index (κ2) is 4.72. The van der Waals surface area contributed by atoms with Crippen LogP contribution in [-0.2, 0) is 7.05 Å². The van der Waals surface area contributed by atoms with E-state index in [1.807, 2.05) is 6.07 Å². The fraction of sp³-hybridized carbons (Fsp3) is 0.154. The van der Waals surface area contributed by atoms with Crippen molar-refractivity contribution in [1.29, 1.82) is 5.26 Å². The number of amides is 1. The van der Waals surface area contributed by atoms with E-state index >= 15 is 0 Å². The Morgan fingerprint density at radius 2 is 2.28 bits per heavy atom. The second-order valence-corrected chi connectivity index (χ2v) is 3.95. The Bertz CT molecular complexity index is 637. The molecule has 18 heavy (non-hydrogen) atoms. The Morgan fingerprint density at radius 3 is 2.89 bits per heavy atom. The van der Waals surface area contributed by atoms with Gasteiger partial charge in [-0.15, -0.1) is 0 Å². The Kier molecular flexibility index (Phi) is 3.11. The molecule has 1 aromatic heterocycles. The highest BCUT2D eigenvalue weighted by Gasteiger charge is 2.12. The number of rotatable bonds is 2. The van der Waals surface area contributed by atoms with Gasteiger partial charge in [0, 0.05) is 18.9 Å². The first-order chi connectivity index (χ1) is 8.60. The van der Waals surface area contributed by atoms with Crippen molar-refractivity contribution in [3.63, 3.8) is 0 Å². The van der Waals surface area contributed by atoms with Gasteiger partial charge < -0.3 is 5.32 Å². The van der Waals surface area contributed by atoms with Gasteiger partial charge in [-0.25, -0.2) is 0 Å². The summed E-state index contributed by atoms with van der Waals surface area (Å²) < 4.78 is 1.59.